The highest BCUT2D eigenvalue weighted by Crippen LogP contribution is 2.62. The summed E-state index contributed by atoms with van der Waals surface area (Å²) in [7, 11) is 0. The molecule has 10 fully saturated rings. The van der Waals surface area contributed by atoms with Crippen LogP contribution in [0.25, 0.3) is 0 Å². The van der Waals surface area contributed by atoms with Crippen LogP contribution in [0.4, 0.5) is 0 Å². The number of hydrogen-bond acceptors (Lipinski definition) is 0. The molecule has 384 valence electrons. The largest absolute Gasteiger partial charge is 0.0654 e. The Bertz CT molecular complexity index is 1250. The lowest BCUT2D eigenvalue weighted by Crippen LogP contribution is -2.52. The van der Waals surface area contributed by atoms with Gasteiger partial charge in [-0.1, -0.05) is 222 Å². The minimum absolute atomic E-state index is 0.977. The predicted molar refractivity (Wildman–Crippen MR) is 291 cm³/mol. The molecule has 66 heavy (non-hydrogen) atoms. The fourth-order valence-electron chi connectivity index (χ4n) is 20.5. The molecule has 0 spiro atoms. The summed E-state index contributed by atoms with van der Waals surface area (Å²) >= 11 is 0. The zero-order valence-electron chi connectivity index (χ0n) is 46.4. The molecule has 0 radical (unpaired) electrons. The van der Waals surface area contributed by atoms with E-state index in [1.165, 1.54) is 135 Å². The number of rotatable bonds is 9. The van der Waals surface area contributed by atoms with Crippen LogP contribution in [0, 0.1) is 118 Å². The van der Waals surface area contributed by atoms with Crippen molar-refractivity contribution in [2.75, 3.05) is 0 Å². The van der Waals surface area contributed by atoms with Gasteiger partial charge in [0, 0.05) is 0 Å². The van der Waals surface area contributed by atoms with E-state index in [0.717, 1.165) is 118 Å². The Hall–Kier alpha value is 0. The third-order valence-corrected chi connectivity index (χ3v) is 23.7. The molecule has 0 heteroatoms. The summed E-state index contributed by atoms with van der Waals surface area (Å²) in [4.78, 5) is 0. The van der Waals surface area contributed by atoms with Gasteiger partial charge in [-0.15, -0.1) is 0 Å². The fourth-order valence-corrected chi connectivity index (χ4v) is 20.5. The van der Waals surface area contributed by atoms with Gasteiger partial charge in [0.25, 0.3) is 0 Å². The minimum Gasteiger partial charge on any atom is -0.0654 e. The summed E-state index contributed by atoms with van der Waals surface area (Å²) in [6, 6.07) is 0. The van der Waals surface area contributed by atoms with Crippen molar-refractivity contribution in [3.8, 4) is 0 Å². The third kappa shape index (κ3) is 14.4. The maximum atomic E-state index is 2.74. The Labute approximate surface area is 415 Å². The van der Waals surface area contributed by atoms with Crippen molar-refractivity contribution in [1.82, 2.24) is 0 Å². The van der Waals surface area contributed by atoms with Crippen LogP contribution < -0.4 is 0 Å². The second kappa shape index (κ2) is 27.7. The molecule has 0 heterocycles. The van der Waals surface area contributed by atoms with Crippen LogP contribution in [0.5, 0.6) is 0 Å². The molecule has 0 N–H and O–H groups in total. The molecule has 0 aromatic heterocycles. The molecule has 10 saturated carbocycles. The molecule has 10 aliphatic carbocycles. The standard InChI is InChI=1S/C23H38.C16H30.C15H28.C12H24/c1-15-22-18(12-10-16-6-2-4-8-20(16)22)14-19-13-11-17-7-3-5-9-21(17)23(15)19;1-13-8-6-7-11-16(13)14(2)12-15-9-4-3-5-10-15;1-3-7-12(2)14-11-6-9-13-8-4-5-10-15(13)14;1-4-7-10(2)12-9-6-5-8-11(12)3/h15-23H,2-14H2,1H3;13-16H,3-12H2,1-2H3;12-15H,3-11H2,1-2H3;10-12H,4-9H2,1-3H3. The smallest absolute Gasteiger partial charge is 0.0326 e. The van der Waals surface area contributed by atoms with Crippen LogP contribution in [0.3, 0.4) is 0 Å². The summed E-state index contributed by atoms with van der Waals surface area (Å²) in [5.74, 6) is 21.6. The molecule has 0 amide bonds. The first-order valence-corrected chi connectivity index (χ1v) is 32.2. The lowest BCUT2D eigenvalue weighted by molar-refractivity contribution is -0.103. The molecular weight excluding hydrogens is 793 g/mol. The first kappa shape index (κ1) is 53.8. The lowest BCUT2D eigenvalue weighted by atomic mass is 9.46. The zero-order chi connectivity index (χ0) is 46.4. The summed E-state index contributed by atoms with van der Waals surface area (Å²) in [6.07, 6.45) is 58.2. The highest BCUT2D eigenvalue weighted by Gasteiger charge is 2.53. The summed E-state index contributed by atoms with van der Waals surface area (Å²) < 4.78 is 0. The number of fused-ring (bicyclic) bond motifs is 7. The Kier molecular flexibility index (Phi) is 22.6. The summed E-state index contributed by atoms with van der Waals surface area (Å²) in [6.45, 7) is 19.9. The van der Waals surface area contributed by atoms with Crippen LogP contribution in [0.2, 0.25) is 0 Å². The Morgan fingerprint density at radius 2 is 0.712 bits per heavy atom. The molecule has 0 aliphatic heterocycles. The van der Waals surface area contributed by atoms with Gasteiger partial charge in [0.15, 0.2) is 0 Å². The first-order chi connectivity index (χ1) is 32.2. The van der Waals surface area contributed by atoms with Gasteiger partial charge in [-0.3, -0.25) is 0 Å². The molecule has 0 saturated heterocycles. The molecule has 0 bridgehead atoms. The summed E-state index contributed by atoms with van der Waals surface area (Å²) in [5, 5.41) is 0. The van der Waals surface area contributed by atoms with E-state index < -0.39 is 0 Å². The van der Waals surface area contributed by atoms with Crippen LogP contribution in [0.15, 0.2) is 0 Å². The van der Waals surface area contributed by atoms with Crippen molar-refractivity contribution in [2.45, 2.75) is 299 Å². The molecule has 10 rings (SSSR count). The van der Waals surface area contributed by atoms with Gasteiger partial charge in [0.2, 0.25) is 0 Å². The van der Waals surface area contributed by atoms with Crippen molar-refractivity contribution in [3.63, 3.8) is 0 Å². The topological polar surface area (TPSA) is 0 Å². The van der Waals surface area contributed by atoms with E-state index in [-0.39, 0.29) is 0 Å². The molecule has 0 aromatic carbocycles. The first-order valence-electron chi connectivity index (χ1n) is 32.2. The maximum Gasteiger partial charge on any atom is -0.0326 e. The van der Waals surface area contributed by atoms with E-state index in [2.05, 4.69) is 55.4 Å². The van der Waals surface area contributed by atoms with Crippen LogP contribution in [-0.4, -0.2) is 0 Å². The SMILES string of the molecule is CC1C2C(CCC3CCCCC32)CC2CCC3CCCCC3C21.CC1CCCCC1C(C)CC1CCCCC1.CCCC(C)C1CCCC2CCCCC21.CCCC(C)C1CCCCC1C. The molecule has 0 aromatic rings. The second-order valence-electron chi connectivity index (χ2n) is 27.7. The third-order valence-electron chi connectivity index (χ3n) is 23.7. The number of hydrogen-bond donors (Lipinski definition) is 0. The van der Waals surface area contributed by atoms with E-state index >= 15 is 0 Å². The normalized spacial score (nSPS) is 42.7. The van der Waals surface area contributed by atoms with E-state index in [9.17, 15) is 0 Å². The van der Waals surface area contributed by atoms with Gasteiger partial charge < -0.3 is 0 Å². The van der Waals surface area contributed by atoms with E-state index in [1.807, 2.05) is 0 Å². The average molecular weight is 914 g/mol. The molecule has 10 aliphatic rings. The van der Waals surface area contributed by atoms with Crippen LogP contribution in [0.1, 0.15) is 299 Å². The van der Waals surface area contributed by atoms with Crippen LogP contribution >= 0.6 is 0 Å². The van der Waals surface area contributed by atoms with Crippen molar-refractivity contribution in [3.05, 3.63) is 0 Å². The van der Waals surface area contributed by atoms with Crippen molar-refractivity contribution in [1.29, 1.82) is 0 Å². The van der Waals surface area contributed by atoms with Gasteiger partial charge in [0.1, 0.15) is 0 Å². The lowest BCUT2D eigenvalue weighted by Gasteiger charge is -2.59. The van der Waals surface area contributed by atoms with Crippen molar-refractivity contribution in [2.24, 2.45) is 118 Å². The quantitative estimate of drug-likeness (QED) is 0.216. The zero-order valence-corrected chi connectivity index (χ0v) is 46.4. The van der Waals surface area contributed by atoms with E-state index in [4.69, 9.17) is 0 Å². The Morgan fingerprint density at radius 1 is 0.333 bits per heavy atom. The average Bonchev–Trinajstić information content (AvgIpc) is 3.35. The van der Waals surface area contributed by atoms with Crippen LogP contribution in [-0.2, 0) is 0 Å². The molecule has 0 nitrogen and oxygen atoms in total. The predicted octanol–water partition coefficient (Wildman–Crippen LogP) is 21.4. The molecule has 18 atom stereocenters. The van der Waals surface area contributed by atoms with Gasteiger partial charge in [-0.25, -0.2) is 0 Å². The van der Waals surface area contributed by atoms with E-state index in [0.29, 0.717) is 0 Å². The minimum atomic E-state index is 0.977. The second-order valence-corrected chi connectivity index (χ2v) is 27.7. The van der Waals surface area contributed by atoms with Crippen molar-refractivity contribution < 1.29 is 0 Å². The van der Waals surface area contributed by atoms with Gasteiger partial charge in [0.05, 0.1) is 0 Å². The van der Waals surface area contributed by atoms with Gasteiger partial charge >= 0.3 is 0 Å². The maximum absolute atomic E-state index is 2.74. The monoisotopic (exact) mass is 913 g/mol. The highest BCUT2D eigenvalue weighted by atomic mass is 14.6. The van der Waals surface area contributed by atoms with Crippen molar-refractivity contribution >= 4 is 0 Å². The highest BCUT2D eigenvalue weighted by molar-refractivity contribution is 5.03. The Morgan fingerprint density at radius 3 is 1.23 bits per heavy atom. The Balaban J connectivity index is 0.000000135. The van der Waals surface area contributed by atoms with E-state index in [1.54, 1.807) is 109 Å². The van der Waals surface area contributed by atoms with Gasteiger partial charge in [-0.2, -0.15) is 0 Å². The summed E-state index contributed by atoms with van der Waals surface area (Å²) in [5.41, 5.74) is 0. The fraction of sp³-hybridized carbons (Fsp3) is 1.00. The molecule has 18 unspecified atom stereocenters. The molecular formula is C66H120. The van der Waals surface area contributed by atoms with Gasteiger partial charge in [-0.05, 0) is 195 Å².